The van der Waals surface area contributed by atoms with Crippen LogP contribution in [0.4, 0.5) is 10.1 Å². The summed E-state index contributed by atoms with van der Waals surface area (Å²) < 4.78 is 13.3. The van der Waals surface area contributed by atoms with E-state index in [4.69, 9.17) is 0 Å². The second-order valence-electron chi connectivity index (χ2n) is 4.57. The largest absolute Gasteiger partial charge is 0.376 e. The summed E-state index contributed by atoms with van der Waals surface area (Å²) in [6.07, 6.45) is 2.00. The van der Waals surface area contributed by atoms with Crippen LogP contribution in [0.1, 0.15) is 32.3 Å². The smallest absolute Gasteiger partial charge is 0.239 e. The summed E-state index contributed by atoms with van der Waals surface area (Å²) in [5.74, 6) is -0.336. The van der Waals surface area contributed by atoms with Crippen LogP contribution in [0, 0.1) is 12.7 Å². The van der Waals surface area contributed by atoms with Crippen LogP contribution in [-0.2, 0) is 4.79 Å². The van der Waals surface area contributed by atoms with Crippen LogP contribution >= 0.6 is 0 Å². The van der Waals surface area contributed by atoms with E-state index in [-0.39, 0.29) is 24.3 Å². The summed E-state index contributed by atoms with van der Waals surface area (Å²) in [4.78, 5) is 11.6. The van der Waals surface area contributed by atoms with Crippen molar-refractivity contribution in [2.24, 2.45) is 0 Å². The summed E-state index contributed by atoms with van der Waals surface area (Å²) in [7, 11) is 0. The molecule has 3 nitrogen and oxygen atoms in total. The van der Waals surface area contributed by atoms with Crippen LogP contribution < -0.4 is 10.6 Å². The van der Waals surface area contributed by atoms with E-state index in [9.17, 15) is 9.18 Å². The fourth-order valence-electron chi connectivity index (χ4n) is 1.72. The molecule has 1 rings (SSSR count). The number of hydrogen-bond acceptors (Lipinski definition) is 2. The first-order valence-corrected chi connectivity index (χ1v) is 6.32. The third-order valence-corrected chi connectivity index (χ3v) is 2.75. The van der Waals surface area contributed by atoms with Gasteiger partial charge in [-0.25, -0.2) is 4.39 Å². The number of benzene rings is 1. The van der Waals surface area contributed by atoms with Crippen molar-refractivity contribution in [2.75, 3.05) is 11.9 Å². The second kappa shape index (κ2) is 6.99. The maximum absolute atomic E-state index is 13.3. The summed E-state index contributed by atoms with van der Waals surface area (Å²) in [6.45, 7) is 5.93. The lowest BCUT2D eigenvalue weighted by molar-refractivity contribution is -0.120. The molecule has 0 aliphatic carbocycles. The molecule has 0 saturated heterocycles. The van der Waals surface area contributed by atoms with Crippen LogP contribution in [-0.4, -0.2) is 18.5 Å². The predicted molar refractivity (Wildman–Crippen MR) is 72.1 cm³/mol. The molecule has 4 heteroatoms. The minimum atomic E-state index is -0.264. The van der Waals surface area contributed by atoms with Crippen molar-refractivity contribution in [1.82, 2.24) is 5.32 Å². The third-order valence-electron chi connectivity index (χ3n) is 2.75. The zero-order valence-corrected chi connectivity index (χ0v) is 11.2. The molecule has 1 amide bonds. The third kappa shape index (κ3) is 4.73. The van der Waals surface area contributed by atoms with Crippen molar-refractivity contribution >= 4 is 11.6 Å². The minimum Gasteiger partial charge on any atom is -0.376 e. The molecule has 0 spiro atoms. The van der Waals surface area contributed by atoms with E-state index in [0.29, 0.717) is 11.3 Å². The summed E-state index contributed by atoms with van der Waals surface area (Å²) in [5.41, 5.74) is 1.22. The molecule has 18 heavy (non-hydrogen) atoms. The Bertz CT molecular complexity index is 407. The van der Waals surface area contributed by atoms with Crippen molar-refractivity contribution in [3.05, 3.63) is 29.6 Å². The van der Waals surface area contributed by atoms with E-state index in [2.05, 4.69) is 17.6 Å². The van der Waals surface area contributed by atoms with Gasteiger partial charge >= 0.3 is 0 Å². The van der Waals surface area contributed by atoms with Gasteiger partial charge in [-0.2, -0.15) is 0 Å². The molecule has 0 saturated carbocycles. The van der Waals surface area contributed by atoms with Crippen molar-refractivity contribution in [3.8, 4) is 0 Å². The van der Waals surface area contributed by atoms with E-state index < -0.39 is 0 Å². The first-order valence-electron chi connectivity index (χ1n) is 6.32. The summed E-state index contributed by atoms with van der Waals surface area (Å²) in [5, 5.41) is 5.79. The molecular weight excluding hydrogens is 231 g/mol. The zero-order chi connectivity index (χ0) is 13.5. The number of carbonyl (C=O) groups excluding carboxylic acids is 1. The molecule has 1 aromatic carbocycles. The van der Waals surface area contributed by atoms with Crippen LogP contribution in [0.15, 0.2) is 18.2 Å². The fourth-order valence-corrected chi connectivity index (χ4v) is 1.72. The van der Waals surface area contributed by atoms with Gasteiger partial charge in [0.05, 0.1) is 6.54 Å². The van der Waals surface area contributed by atoms with Crippen molar-refractivity contribution in [3.63, 3.8) is 0 Å². The Kier molecular flexibility index (Phi) is 5.62. The van der Waals surface area contributed by atoms with E-state index >= 15 is 0 Å². The molecule has 2 N–H and O–H groups in total. The second-order valence-corrected chi connectivity index (χ2v) is 4.57. The fraction of sp³-hybridized carbons (Fsp3) is 0.500. The van der Waals surface area contributed by atoms with Crippen LogP contribution in [0.2, 0.25) is 0 Å². The monoisotopic (exact) mass is 252 g/mol. The average Bonchev–Trinajstić information content (AvgIpc) is 2.31. The number of halogens is 1. The lowest BCUT2D eigenvalue weighted by atomic mass is 10.2. The Labute approximate surface area is 108 Å². The standard InChI is InChI=1S/C14H21FN2O/c1-4-5-11(3)17-14(18)9-16-12-7-6-10(2)13(15)8-12/h6-8,11,16H,4-5,9H2,1-3H3,(H,17,18). The normalized spacial score (nSPS) is 12.0. The van der Waals surface area contributed by atoms with Gasteiger partial charge in [-0.1, -0.05) is 19.4 Å². The Hall–Kier alpha value is -1.58. The lowest BCUT2D eigenvalue weighted by Crippen LogP contribution is -2.36. The highest BCUT2D eigenvalue weighted by atomic mass is 19.1. The first-order chi connectivity index (χ1) is 8.52. The molecule has 0 fully saturated rings. The molecule has 0 aromatic heterocycles. The van der Waals surface area contributed by atoms with Crippen molar-refractivity contribution < 1.29 is 9.18 Å². The molecule has 0 bridgehead atoms. The number of rotatable bonds is 6. The molecule has 0 aliphatic heterocycles. The van der Waals surface area contributed by atoms with Gasteiger partial charge in [0.2, 0.25) is 5.91 Å². The number of amides is 1. The molecular formula is C14H21FN2O. The maximum atomic E-state index is 13.3. The summed E-state index contributed by atoms with van der Waals surface area (Å²) in [6, 6.07) is 5.04. The molecule has 100 valence electrons. The minimum absolute atomic E-state index is 0.0723. The van der Waals surface area contributed by atoms with Gasteiger partial charge in [-0.3, -0.25) is 4.79 Å². The van der Waals surface area contributed by atoms with Gasteiger partial charge in [-0.05, 0) is 38.0 Å². The SMILES string of the molecule is CCCC(C)NC(=O)CNc1ccc(C)c(F)c1. The predicted octanol–water partition coefficient (Wildman–Crippen LogP) is 2.85. The highest BCUT2D eigenvalue weighted by molar-refractivity contribution is 5.80. The molecule has 1 atom stereocenters. The maximum Gasteiger partial charge on any atom is 0.239 e. The quantitative estimate of drug-likeness (QED) is 0.817. The number of hydrogen-bond donors (Lipinski definition) is 2. The van der Waals surface area contributed by atoms with E-state index in [1.54, 1.807) is 19.1 Å². The van der Waals surface area contributed by atoms with Gasteiger partial charge in [0.1, 0.15) is 5.82 Å². The Morgan fingerprint density at radius 2 is 2.17 bits per heavy atom. The number of aryl methyl sites for hydroxylation is 1. The lowest BCUT2D eigenvalue weighted by Gasteiger charge is -2.13. The van der Waals surface area contributed by atoms with Gasteiger partial charge in [-0.15, -0.1) is 0 Å². The van der Waals surface area contributed by atoms with E-state index in [1.807, 2.05) is 6.92 Å². The Morgan fingerprint density at radius 1 is 1.44 bits per heavy atom. The Morgan fingerprint density at radius 3 is 2.78 bits per heavy atom. The molecule has 1 aromatic rings. The van der Waals surface area contributed by atoms with E-state index in [1.165, 1.54) is 6.07 Å². The van der Waals surface area contributed by atoms with Crippen LogP contribution in [0.25, 0.3) is 0 Å². The van der Waals surface area contributed by atoms with Crippen molar-refractivity contribution in [2.45, 2.75) is 39.7 Å². The first kappa shape index (κ1) is 14.5. The van der Waals surface area contributed by atoms with E-state index in [0.717, 1.165) is 12.8 Å². The topological polar surface area (TPSA) is 41.1 Å². The zero-order valence-electron chi connectivity index (χ0n) is 11.2. The van der Waals surface area contributed by atoms with Gasteiger partial charge in [0.25, 0.3) is 0 Å². The highest BCUT2D eigenvalue weighted by Crippen LogP contribution is 2.13. The summed E-state index contributed by atoms with van der Waals surface area (Å²) >= 11 is 0. The number of nitrogens with one attached hydrogen (secondary N) is 2. The average molecular weight is 252 g/mol. The number of anilines is 1. The number of carbonyl (C=O) groups is 1. The van der Waals surface area contributed by atoms with Gasteiger partial charge in [0, 0.05) is 11.7 Å². The Balaban J connectivity index is 2.40. The molecule has 0 radical (unpaired) electrons. The van der Waals surface area contributed by atoms with Gasteiger partial charge in [0.15, 0.2) is 0 Å². The van der Waals surface area contributed by atoms with Crippen LogP contribution in [0.3, 0.4) is 0 Å². The van der Waals surface area contributed by atoms with Crippen molar-refractivity contribution in [1.29, 1.82) is 0 Å². The highest BCUT2D eigenvalue weighted by Gasteiger charge is 2.06. The molecule has 0 heterocycles. The van der Waals surface area contributed by atoms with Gasteiger partial charge < -0.3 is 10.6 Å². The van der Waals surface area contributed by atoms with Crippen LogP contribution in [0.5, 0.6) is 0 Å². The molecule has 0 aliphatic rings. The molecule has 1 unspecified atom stereocenters.